The highest BCUT2D eigenvalue weighted by Gasteiger charge is 2.45. The maximum atomic E-state index is 13.3. The van der Waals surface area contributed by atoms with Gasteiger partial charge in [0.25, 0.3) is 0 Å². The number of imidazole rings is 1. The van der Waals surface area contributed by atoms with Crippen molar-refractivity contribution in [2.45, 2.75) is 31.0 Å². The van der Waals surface area contributed by atoms with Crippen LogP contribution in [0.15, 0.2) is 36.8 Å². The Morgan fingerprint density at radius 2 is 2.38 bits per heavy atom. The van der Waals surface area contributed by atoms with E-state index < -0.39 is 0 Å². The van der Waals surface area contributed by atoms with E-state index in [2.05, 4.69) is 19.8 Å². The molecule has 1 N–H and O–H groups in total. The first-order valence-corrected chi connectivity index (χ1v) is 8.46. The third-order valence-corrected chi connectivity index (χ3v) is 5.10. The predicted octanol–water partition coefficient (Wildman–Crippen LogP) is 2.40. The van der Waals surface area contributed by atoms with Crippen molar-refractivity contribution in [2.24, 2.45) is 7.05 Å². The number of hydrogen-bond donors (Lipinski definition) is 1. The zero-order chi connectivity index (χ0) is 16.6. The Morgan fingerprint density at radius 1 is 1.46 bits per heavy atom. The van der Waals surface area contributed by atoms with Crippen molar-refractivity contribution in [3.8, 4) is 0 Å². The molecule has 2 saturated heterocycles. The van der Waals surface area contributed by atoms with E-state index in [4.69, 9.17) is 4.74 Å². The average Bonchev–Trinajstić information content (AvgIpc) is 3.24. The summed E-state index contributed by atoms with van der Waals surface area (Å²) >= 11 is 0. The van der Waals surface area contributed by atoms with Gasteiger partial charge in [0.2, 0.25) is 0 Å². The normalized spacial score (nSPS) is 27.2. The molecule has 6 heteroatoms. The summed E-state index contributed by atoms with van der Waals surface area (Å²) < 4.78 is 21.6. The fourth-order valence-corrected chi connectivity index (χ4v) is 3.86. The molecule has 2 atom stereocenters. The van der Waals surface area contributed by atoms with E-state index in [0.717, 1.165) is 38.2 Å². The van der Waals surface area contributed by atoms with Crippen molar-refractivity contribution in [1.82, 2.24) is 14.5 Å². The summed E-state index contributed by atoms with van der Waals surface area (Å²) in [6.45, 7) is 3.57. The number of hydrogen-bond acceptors (Lipinski definition) is 4. The van der Waals surface area contributed by atoms with Crippen LogP contribution in [0.5, 0.6) is 0 Å². The maximum Gasteiger partial charge on any atom is 0.125 e. The van der Waals surface area contributed by atoms with Gasteiger partial charge in [-0.25, -0.2) is 9.37 Å². The minimum Gasteiger partial charge on any atom is -0.380 e. The molecule has 1 spiro atoms. The van der Waals surface area contributed by atoms with E-state index in [1.165, 1.54) is 17.8 Å². The number of ether oxygens (including phenoxy) is 1. The van der Waals surface area contributed by atoms with E-state index in [9.17, 15) is 4.39 Å². The lowest BCUT2D eigenvalue weighted by atomic mass is 9.97. The van der Waals surface area contributed by atoms with Crippen LogP contribution in [0.25, 0.3) is 0 Å². The van der Waals surface area contributed by atoms with Crippen LogP contribution in [0.4, 0.5) is 10.1 Å². The fourth-order valence-electron chi connectivity index (χ4n) is 3.86. The lowest BCUT2D eigenvalue weighted by Crippen LogP contribution is -2.33. The highest BCUT2D eigenvalue weighted by Crippen LogP contribution is 2.36. The van der Waals surface area contributed by atoms with Crippen LogP contribution in [-0.4, -0.2) is 45.8 Å². The molecule has 4 rings (SSSR count). The molecule has 2 aliphatic rings. The summed E-state index contributed by atoms with van der Waals surface area (Å²) in [6, 6.07) is 6.87. The van der Waals surface area contributed by atoms with Gasteiger partial charge in [0.05, 0.1) is 30.3 Å². The van der Waals surface area contributed by atoms with Gasteiger partial charge in [-0.15, -0.1) is 0 Å². The minimum absolute atomic E-state index is 0.0659. The Hall–Kier alpha value is -1.92. The van der Waals surface area contributed by atoms with Crippen LogP contribution in [0.3, 0.4) is 0 Å². The molecular weight excluding hydrogens is 307 g/mol. The highest BCUT2D eigenvalue weighted by molar-refractivity contribution is 5.44. The van der Waals surface area contributed by atoms with Gasteiger partial charge >= 0.3 is 0 Å². The Balaban J connectivity index is 1.35. The molecule has 24 heavy (non-hydrogen) atoms. The molecule has 2 aliphatic heterocycles. The molecule has 2 aromatic rings. The summed E-state index contributed by atoms with van der Waals surface area (Å²) in [5.74, 6) is -0.211. The molecule has 0 saturated carbocycles. The highest BCUT2D eigenvalue weighted by atomic mass is 19.1. The summed E-state index contributed by atoms with van der Waals surface area (Å²) in [5, 5.41) is 3.40. The number of anilines is 1. The number of nitrogens with zero attached hydrogens (tertiary/aromatic N) is 3. The van der Waals surface area contributed by atoms with Crippen LogP contribution in [0, 0.1) is 5.82 Å². The topological polar surface area (TPSA) is 42.3 Å². The summed E-state index contributed by atoms with van der Waals surface area (Å²) in [4.78, 5) is 6.62. The van der Waals surface area contributed by atoms with Crippen molar-refractivity contribution in [3.05, 3.63) is 48.3 Å². The van der Waals surface area contributed by atoms with Crippen LogP contribution in [0.2, 0.25) is 0 Å². The van der Waals surface area contributed by atoms with Gasteiger partial charge in [0, 0.05) is 45.0 Å². The quantitative estimate of drug-likeness (QED) is 0.935. The zero-order valence-electron chi connectivity index (χ0n) is 13.9. The molecular formula is C18H23FN4O. The van der Waals surface area contributed by atoms with E-state index in [1.54, 1.807) is 6.07 Å². The summed E-state index contributed by atoms with van der Waals surface area (Å²) in [6.07, 6.45) is 5.78. The van der Waals surface area contributed by atoms with Crippen molar-refractivity contribution in [1.29, 1.82) is 0 Å². The number of halogens is 1. The number of benzene rings is 1. The van der Waals surface area contributed by atoms with E-state index >= 15 is 0 Å². The number of likely N-dealkylation sites (tertiary alicyclic amines) is 1. The standard InChI is InChI=1S/C18H23FN4O/c1-22-13-20-9-17(22)10-23-6-5-18(12-23)8-16(11-24-18)21-15-4-2-3-14(19)7-15/h2-4,7,9,13,16,21H,5-6,8,10-12H2,1H3/t16-,18-/m1/s1. The first-order valence-electron chi connectivity index (χ1n) is 8.46. The number of rotatable bonds is 4. The minimum atomic E-state index is -0.211. The first kappa shape index (κ1) is 15.6. The Bertz CT molecular complexity index is 719. The lowest BCUT2D eigenvalue weighted by Gasteiger charge is -2.23. The Labute approximate surface area is 141 Å². The van der Waals surface area contributed by atoms with E-state index in [-0.39, 0.29) is 17.5 Å². The number of nitrogens with one attached hydrogen (secondary N) is 1. The molecule has 0 aliphatic carbocycles. The lowest BCUT2D eigenvalue weighted by molar-refractivity contribution is 0.0118. The van der Waals surface area contributed by atoms with Gasteiger partial charge in [-0.05, 0) is 24.6 Å². The second-order valence-electron chi connectivity index (χ2n) is 7.01. The molecule has 5 nitrogen and oxygen atoms in total. The number of aromatic nitrogens is 2. The third-order valence-electron chi connectivity index (χ3n) is 5.10. The predicted molar refractivity (Wildman–Crippen MR) is 90.2 cm³/mol. The monoisotopic (exact) mass is 330 g/mol. The number of aryl methyl sites for hydroxylation is 1. The molecule has 128 valence electrons. The van der Waals surface area contributed by atoms with E-state index in [1.807, 2.05) is 25.6 Å². The van der Waals surface area contributed by atoms with Crippen LogP contribution < -0.4 is 5.32 Å². The molecule has 0 bridgehead atoms. The average molecular weight is 330 g/mol. The SMILES string of the molecule is Cn1cncc1CN1CC[C@@]2(C[C@@H](Nc3cccc(F)c3)CO2)C1. The van der Waals surface area contributed by atoms with Crippen molar-refractivity contribution in [2.75, 3.05) is 25.0 Å². The van der Waals surface area contributed by atoms with Crippen LogP contribution in [0.1, 0.15) is 18.5 Å². The Morgan fingerprint density at radius 3 is 3.17 bits per heavy atom. The van der Waals surface area contributed by atoms with Crippen LogP contribution >= 0.6 is 0 Å². The van der Waals surface area contributed by atoms with Gasteiger partial charge in [-0.2, -0.15) is 0 Å². The van der Waals surface area contributed by atoms with Gasteiger partial charge < -0.3 is 14.6 Å². The summed E-state index contributed by atoms with van der Waals surface area (Å²) in [7, 11) is 2.03. The molecule has 3 heterocycles. The maximum absolute atomic E-state index is 13.3. The van der Waals surface area contributed by atoms with Crippen LogP contribution in [-0.2, 0) is 18.3 Å². The fraction of sp³-hybridized carbons (Fsp3) is 0.500. The summed E-state index contributed by atoms with van der Waals surface area (Å²) in [5.41, 5.74) is 1.98. The second kappa shape index (κ2) is 6.18. The molecule has 2 fully saturated rings. The van der Waals surface area contributed by atoms with Crippen molar-refractivity contribution < 1.29 is 9.13 Å². The van der Waals surface area contributed by atoms with Gasteiger partial charge in [0.15, 0.2) is 0 Å². The smallest absolute Gasteiger partial charge is 0.125 e. The van der Waals surface area contributed by atoms with Gasteiger partial charge in [-0.1, -0.05) is 6.07 Å². The van der Waals surface area contributed by atoms with E-state index in [0.29, 0.717) is 6.61 Å². The molecule has 0 radical (unpaired) electrons. The largest absolute Gasteiger partial charge is 0.380 e. The second-order valence-corrected chi connectivity index (χ2v) is 7.01. The molecule has 0 amide bonds. The van der Waals surface area contributed by atoms with Gasteiger partial charge in [-0.3, -0.25) is 4.90 Å². The Kier molecular flexibility index (Phi) is 4.02. The molecule has 1 aromatic heterocycles. The molecule has 1 aromatic carbocycles. The zero-order valence-corrected chi connectivity index (χ0v) is 13.9. The van der Waals surface area contributed by atoms with Gasteiger partial charge in [0.1, 0.15) is 5.82 Å². The first-order chi connectivity index (χ1) is 11.6. The van der Waals surface area contributed by atoms with Crippen molar-refractivity contribution >= 4 is 5.69 Å². The molecule has 0 unspecified atom stereocenters. The third kappa shape index (κ3) is 3.16. The van der Waals surface area contributed by atoms with Crippen molar-refractivity contribution in [3.63, 3.8) is 0 Å².